The Labute approximate surface area is 177 Å². The van der Waals surface area contributed by atoms with Gasteiger partial charge in [-0.1, -0.05) is 0 Å². The van der Waals surface area contributed by atoms with Gasteiger partial charge in [0.1, 0.15) is 0 Å². The molecule has 0 aromatic heterocycles. The van der Waals surface area contributed by atoms with E-state index in [1.54, 1.807) is 12.0 Å². The molecule has 4 rings (SSSR count). The second-order valence-corrected chi connectivity index (χ2v) is 8.64. The van der Waals surface area contributed by atoms with Gasteiger partial charge in [-0.25, -0.2) is 0 Å². The zero-order valence-electron chi connectivity index (χ0n) is 17.7. The summed E-state index contributed by atoms with van der Waals surface area (Å²) in [5.74, 6) is -0.297. The first-order chi connectivity index (χ1) is 14.5. The fourth-order valence-electron chi connectivity index (χ4n) is 5.21. The Morgan fingerprint density at radius 2 is 1.87 bits per heavy atom. The van der Waals surface area contributed by atoms with Gasteiger partial charge in [-0.15, -0.1) is 0 Å². The molecule has 1 aliphatic carbocycles. The van der Waals surface area contributed by atoms with Gasteiger partial charge < -0.3 is 14.8 Å². The van der Waals surface area contributed by atoms with Crippen LogP contribution >= 0.6 is 0 Å². The number of fused-ring (bicyclic) bond motifs is 2. The number of Topliss-reactive ketones (excluding diaryl/α,β-unsaturated/α-hetero) is 1. The van der Waals surface area contributed by atoms with E-state index in [9.17, 15) is 14.4 Å². The number of piperidine rings is 1. The molecule has 162 valence electrons. The molecule has 1 saturated heterocycles. The van der Waals surface area contributed by atoms with E-state index in [0.717, 1.165) is 50.0 Å². The van der Waals surface area contributed by atoms with Crippen LogP contribution in [0.4, 0.5) is 5.69 Å². The number of amides is 1. The Morgan fingerprint density at radius 1 is 1.17 bits per heavy atom. The maximum absolute atomic E-state index is 13.4. The highest BCUT2D eigenvalue weighted by molar-refractivity contribution is 6.09. The number of nitrogens with one attached hydrogen (secondary N) is 1. The summed E-state index contributed by atoms with van der Waals surface area (Å²) in [4.78, 5) is 39.5. The molecule has 1 aromatic carbocycles. The van der Waals surface area contributed by atoms with Crippen molar-refractivity contribution < 1.29 is 23.9 Å². The number of methoxy groups -OCH3 is 1. The number of ketones is 1. The van der Waals surface area contributed by atoms with E-state index in [4.69, 9.17) is 9.47 Å². The van der Waals surface area contributed by atoms with Gasteiger partial charge in [0.15, 0.2) is 12.5 Å². The molecular weight excluding hydrogens is 384 g/mol. The van der Waals surface area contributed by atoms with Crippen LogP contribution in [-0.2, 0) is 24.5 Å². The molecule has 1 spiro atoms. The van der Waals surface area contributed by atoms with Crippen LogP contribution in [0.5, 0.6) is 0 Å². The van der Waals surface area contributed by atoms with Crippen LogP contribution in [0.1, 0.15) is 61.4 Å². The molecule has 0 unspecified atom stereocenters. The monoisotopic (exact) mass is 414 g/mol. The first kappa shape index (κ1) is 21.0. The summed E-state index contributed by atoms with van der Waals surface area (Å²) < 4.78 is 10.6. The lowest BCUT2D eigenvalue weighted by molar-refractivity contribution is -0.141. The second-order valence-electron chi connectivity index (χ2n) is 8.64. The Balaban J connectivity index is 1.64. The average Bonchev–Trinajstić information content (AvgIpc) is 2.99. The number of benzene rings is 1. The lowest BCUT2D eigenvalue weighted by Crippen LogP contribution is -2.47. The van der Waals surface area contributed by atoms with Crippen molar-refractivity contribution in [3.05, 3.63) is 29.3 Å². The molecule has 1 amide bonds. The maximum Gasteiger partial charge on any atom is 0.304 e. The molecule has 0 radical (unpaired) electrons. The summed E-state index contributed by atoms with van der Waals surface area (Å²) in [5, 5.41) is 3.32. The number of nitrogens with zero attached hydrogens (tertiary/aromatic N) is 1. The van der Waals surface area contributed by atoms with Crippen molar-refractivity contribution in [3.8, 4) is 0 Å². The Bertz CT molecular complexity index is 838. The van der Waals surface area contributed by atoms with Crippen molar-refractivity contribution in [1.29, 1.82) is 0 Å². The fourth-order valence-corrected chi connectivity index (χ4v) is 5.21. The van der Waals surface area contributed by atoms with E-state index >= 15 is 0 Å². The van der Waals surface area contributed by atoms with E-state index in [-0.39, 0.29) is 30.4 Å². The second kappa shape index (κ2) is 8.47. The quantitative estimate of drug-likeness (QED) is 0.589. The average molecular weight is 415 g/mol. The lowest BCUT2D eigenvalue weighted by atomic mass is 9.73. The molecule has 30 heavy (non-hydrogen) atoms. The molecule has 1 N–H and O–H groups in total. The molecule has 0 bridgehead atoms. The highest BCUT2D eigenvalue weighted by Crippen LogP contribution is 2.47. The van der Waals surface area contributed by atoms with Gasteiger partial charge in [-0.2, -0.15) is 0 Å². The van der Waals surface area contributed by atoms with Crippen molar-refractivity contribution in [3.63, 3.8) is 0 Å². The fraction of sp³-hybridized carbons (Fsp3) is 0.609. The molecule has 7 heteroatoms. The number of carbonyl (C=O) groups excluding carboxylic acids is 3. The van der Waals surface area contributed by atoms with Gasteiger partial charge >= 0.3 is 5.97 Å². The van der Waals surface area contributed by atoms with E-state index in [2.05, 4.69) is 5.32 Å². The van der Waals surface area contributed by atoms with Crippen LogP contribution in [0.3, 0.4) is 0 Å². The Hall–Kier alpha value is -2.25. The number of anilines is 1. The molecular formula is C23H30N2O5. The number of hydrogen-bond acceptors (Lipinski definition) is 6. The third kappa shape index (κ3) is 3.65. The van der Waals surface area contributed by atoms with Crippen molar-refractivity contribution in [2.75, 3.05) is 31.8 Å². The SMILES string of the molecule is COC1CCC(C(=O)c2ccc3c(c2)C2(CCNCC2)C(=O)N3COC(C)=O)CC1. The third-order valence-corrected chi connectivity index (χ3v) is 6.97. The minimum Gasteiger partial charge on any atom is -0.444 e. The number of ether oxygens (including phenoxy) is 2. The summed E-state index contributed by atoms with van der Waals surface area (Å²) in [6.45, 7) is 2.73. The third-order valence-electron chi connectivity index (χ3n) is 6.97. The van der Waals surface area contributed by atoms with Gasteiger partial charge in [0.05, 0.1) is 17.2 Å². The van der Waals surface area contributed by atoms with Crippen LogP contribution < -0.4 is 10.2 Å². The van der Waals surface area contributed by atoms with Gasteiger partial charge in [0.25, 0.3) is 0 Å². The minimum atomic E-state index is -0.648. The topological polar surface area (TPSA) is 84.9 Å². The van der Waals surface area contributed by atoms with Crippen molar-refractivity contribution in [1.82, 2.24) is 5.32 Å². The summed E-state index contributed by atoms with van der Waals surface area (Å²) in [7, 11) is 1.73. The highest BCUT2D eigenvalue weighted by atomic mass is 16.5. The Kier molecular flexibility index (Phi) is 5.93. The van der Waals surface area contributed by atoms with E-state index in [1.807, 2.05) is 18.2 Å². The molecule has 0 atom stereocenters. The zero-order chi connectivity index (χ0) is 21.3. The largest absolute Gasteiger partial charge is 0.444 e. The van der Waals surface area contributed by atoms with Crippen molar-refractivity contribution in [2.45, 2.75) is 57.0 Å². The van der Waals surface area contributed by atoms with E-state index < -0.39 is 11.4 Å². The molecule has 2 fully saturated rings. The number of carbonyl (C=O) groups is 3. The number of rotatable bonds is 5. The minimum absolute atomic E-state index is 0.00711. The van der Waals surface area contributed by atoms with Gasteiger partial charge in [0.2, 0.25) is 5.91 Å². The predicted octanol–water partition coefficient (Wildman–Crippen LogP) is 2.56. The first-order valence-electron chi connectivity index (χ1n) is 10.8. The lowest BCUT2D eigenvalue weighted by Gasteiger charge is -2.33. The zero-order valence-corrected chi connectivity index (χ0v) is 17.7. The first-order valence-corrected chi connectivity index (χ1v) is 10.8. The number of esters is 1. The maximum atomic E-state index is 13.4. The van der Waals surface area contributed by atoms with Crippen LogP contribution in [0, 0.1) is 5.92 Å². The van der Waals surface area contributed by atoms with Gasteiger partial charge in [0, 0.05) is 25.5 Å². The molecule has 1 saturated carbocycles. The number of hydrogen-bond donors (Lipinski definition) is 1. The summed E-state index contributed by atoms with van der Waals surface area (Å²) in [6.07, 6.45) is 5.07. The van der Waals surface area contributed by atoms with Crippen molar-refractivity contribution in [2.24, 2.45) is 5.92 Å². The highest BCUT2D eigenvalue weighted by Gasteiger charge is 2.51. The van der Waals surface area contributed by atoms with Crippen molar-refractivity contribution >= 4 is 23.3 Å². The molecule has 1 aromatic rings. The molecule has 7 nitrogen and oxygen atoms in total. The molecule has 2 heterocycles. The smallest absolute Gasteiger partial charge is 0.304 e. The van der Waals surface area contributed by atoms with Crippen LogP contribution in [0.25, 0.3) is 0 Å². The van der Waals surface area contributed by atoms with Gasteiger partial charge in [-0.3, -0.25) is 19.3 Å². The summed E-state index contributed by atoms with van der Waals surface area (Å²) >= 11 is 0. The summed E-state index contributed by atoms with van der Waals surface area (Å²) in [5.41, 5.74) is 1.68. The predicted molar refractivity (Wildman–Crippen MR) is 111 cm³/mol. The van der Waals surface area contributed by atoms with Crippen LogP contribution in [0.15, 0.2) is 18.2 Å². The van der Waals surface area contributed by atoms with E-state index in [0.29, 0.717) is 18.4 Å². The van der Waals surface area contributed by atoms with Crippen LogP contribution in [0.2, 0.25) is 0 Å². The van der Waals surface area contributed by atoms with Gasteiger partial charge in [-0.05, 0) is 75.4 Å². The standard InChI is InChI=1S/C23H30N2O5/c1-15(26)30-14-25-20-8-5-17(21(27)16-3-6-18(29-2)7-4-16)13-19(20)23(22(25)28)9-11-24-12-10-23/h5,8,13,16,18,24H,3-4,6-7,9-12,14H2,1-2H3. The Morgan fingerprint density at radius 3 is 2.50 bits per heavy atom. The molecule has 2 aliphatic heterocycles. The summed E-state index contributed by atoms with van der Waals surface area (Å²) in [6, 6.07) is 5.59. The van der Waals surface area contributed by atoms with E-state index in [1.165, 1.54) is 6.92 Å². The molecule has 3 aliphatic rings. The normalized spacial score (nSPS) is 25.3. The van der Waals surface area contributed by atoms with Crippen LogP contribution in [-0.4, -0.2) is 50.7 Å².